The smallest absolute Gasteiger partial charge is 0.263 e. The van der Waals surface area contributed by atoms with Gasteiger partial charge < -0.3 is 10.2 Å². The van der Waals surface area contributed by atoms with Crippen LogP contribution in [0.3, 0.4) is 0 Å². The lowest BCUT2D eigenvalue weighted by Gasteiger charge is -2.29. The Morgan fingerprint density at radius 3 is 2.62 bits per heavy atom. The van der Waals surface area contributed by atoms with Gasteiger partial charge in [-0.1, -0.05) is 6.07 Å². The van der Waals surface area contributed by atoms with Gasteiger partial charge >= 0.3 is 0 Å². The maximum atomic E-state index is 13.8. The summed E-state index contributed by atoms with van der Waals surface area (Å²) in [5.74, 6) is -0.739. The number of rotatable bonds is 6. The van der Waals surface area contributed by atoms with Crippen LogP contribution in [0.1, 0.15) is 43.9 Å². The minimum Gasteiger partial charge on any atom is -0.345 e. The van der Waals surface area contributed by atoms with Crippen molar-refractivity contribution in [1.29, 1.82) is 0 Å². The van der Waals surface area contributed by atoms with Crippen LogP contribution in [0.4, 0.5) is 4.39 Å². The van der Waals surface area contributed by atoms with E-state index in [0.717, 1.165) is 43.6 Å². The molecule has 34 heavy (non-hydrogen) atoms. The van der Waals surface area contributed by atoms with Gasteiger partial charge in [0.2, 0.25) is 11.8 Å². The molecule has 4 rings (SSSR count). The Bertz CT molecular complexity index is 1290. The fourth-order valence-corrected chi connectivity index (χ4v) is 4.56. The first-order chi connectivity index (χ1) is 16.3. The second kappa shape index (κ2) is 9.79. The molecule has 2 amide bonds. The Kier molecular flexibility index (Phi) is 6.81. The van der Waals surface area contributed by atoms with Crippen LogP contribution < -0.4 is 10.9 Å². The number of carbonyl (C=O) groups is 2. The molecular formula is C25H30FN5O3. The molecule has 0 saturated carbocycles. The van der Waals surface area contributed by atoms with E-state index in [4.69, 9.17) is 0 Å². The zero-order valence-electron chi connectivity index (χ0n) is 19.8. The van der Waals surface area contributed by atoms with Crippen molar-refractivity contribution < 1.29 is 14.0 Å². The average Bonchev–Trinajstić information content (AvgIpc) is 3.09. The lowest BCUT2D eigenvalue weighted by atomic mass is 10.1. The topological polar surface area (TPSA) is 89.2 Å². The summed E-state index contributed by atoms with van der Waals surface area (Å²) in [6, 6.07) is 5.54. The van der Waals surface area contributed by atoms with Crippen LogP contribution in [0.5, 0.6) is 0 Å². The molecule has 3 aromatic rings. The van der Waals surface area contributed by atoms with Gasteiger partial charge in [0.25, 0.3) is 5.56 Å². The van der Waals surface area contributed by atoms with Crippen molar-refractivity contribution in [3.63, 3.8) is 0 Å². The highest BCUT2D eigenvalue weighted by Crippen LogP contribution is 2.25. The maximum Gasteiger partial charge on any atom is 0.263 e. The highest BCUT2D eigenvalue weighted by Gasteiger charge is 2.23. The monoisotopic (exact) mass is 467 g/mol. The lowest BCUT2D eigenvalue weighted by Crippen LogP contribution is -2.48. The van der Waals surface area contributed by atoms with E-state index in [1.165, 1.54) is 23.0 Å². The number of nitrogens with one attached hydrogen (secondary N) is 1. The van der Waals surface area contributed by atoms with Crippen molar-refractivity contribution in [2.75, 3.05) is 13.1 Å². The van der Waals surface area contributed by atoms with Gasteiger partial charge in [0, 0.05) is 31.7 Å². The molecule has 0 bridgehead atoms. The Morgan fingerprint density at radius 2 is 1.91 bits per heavy atom. The Labute approximate surface area is 197 Å². The predicted molar refractivity (Wildman–Crippen MR) is 127 cm³/mol. The molecule has 0 aliphatic carbocycles. The number of aryl methyl sites for hydroxylation is 2. The molecule has 3 heterocycles. The fourth-order valence-electron chi connectivity index (χ4n) is 4.56. The van der Waals surface area contributed by atoms with Gasteiger partial charge in [-0.15, -0.1) is 0 Å². The van der Waals surface area contributed by atoms with Crippen molar-refractivity contribution in [3.8, 4) is 5.69 Å². The largest absolute Gasteiger partial charge is 0.345 e. The van der Waals surface area contributed by atoms with Crippen molar-refractivity contribution in [1.82, 2.24) is 24.3 Å². The van der Waals surface area contributed by atoms with E-state index in [9.17, 15) is 18.8 Å². The van der Waals surface area contributed by atoms with Crippen molar-refractivity contribution in [2.45, 2.75) is 59.0 Å². The van der Waals surface area contributed by atoms with Crippen LogP contribution in [-0.2, 0) is 16.1 Å². The van der Waals surface area contributed by atoms with E-state index in [-0.39, 0.29) is 36.2 Å². The van der Waals surface area contributed by atoms with Crippen LogP contribution in [0.2, 0.25) is 0 Å². The molecule has 180 valence electrons. The Morgan fingerprint density at radius 1 is 1.18 bits per heavy atom. The highest BCUT2D eigenvalue weighted by atomic mass is 19.1. The Hall–Kier alpha value is -3.49. The van der Waals surface area contributed by atoms with Crippen molar-refractivity contribution in [3.05, 3.63) is 58.0 Å². The molecule has 2 aromatic heterocycles. The quantitative estimate of drug-likeness (QED) is 0.604. The first-order valence-electron chi connectivity index (χ1n) is 11.7. The van der Waals surface area contributed by atoms with E-state index in [1.807, 2.05) is 13.8 Å². The number of fused-ring (bicyclic) bond motifs is 1. The zero-order valence-corrected chi connectivity index (χ0v) is 19.8. The molecule has 1 N–H and O–H groups in total. The molecule has 8 nitrogen and oxygen atoms in total. The minimum atomic E-state index is -0.604. The summed E-state index contributed by atoms with van der Waals surface area (Å²) in [4.78, 5) is 44.5. The second-order valence-electron chi connectivity index (χ2n) is 8.89. The summed E-state index contributed by atoms with van der Waals surface area (Å²) in [7, 11) is 0. The highest BCUT2D eigenvalue weighted by molar-refractivity contribution is 5.87. The van der Waals surface area contributed by atoms with Crippen molar-refractivity contribution in [2.24, 2.45) is 0 Å². The Balaban J connectivity index is 1.49. The number of piperidine rings is 1. The van der Waals surface area contributed by atoms with E-state index in [2.05, 4.69) is 10.3 Å². The van der Waals surface area contributed by atoms with Gasteiger partial charge in [-0.3, -0.25) is 23.5 Å². The molecule has 1 atom stereocenters. The average molecular weight is 468 g/mol. The number of hydrogen-bond donors (Lipinski definition) is 1. The molecule has 1 unspecified atom stereocenters. The summed E-state index contributed by atoms with van der Waals surface area (Å²) < 4.78 is 17.0. The third-order valence-electron chi connectivity index (χ3n) is 6.54. The number of hydrogen-bond acceptors (Lipinski definition) is 4. The standard InChI is InChI=1S/C25H30FN5O3/c1-16-18(3)31(20-9-7-8-19(26)14-20)23-22(16)25(34)30(15-27-23)13-10-21(32)28-17(2)24(33)29-11-5-4-6-12-29/h7-9,14-15,17H,4-6,10-13H2,1-3H3,(H,28,32). The molecule has 0 spiro atoms. The third-order valence-corrected chi connectivity index (χ3v) is 6.54. The van der Waals surface area contributed by atoms with Crippen LogP contribution in [0.15, 0.2) is 35.4 Å². The van der Waals surface area contributed by atoms with Crippen LogP contribution >= 0.6 is 0 Å². The number of amides is 2. The summed E-state index contributed by atoms with van der Waals surface area (Å²) in [5.41, 5.74) is 2.34. The molecule has 1 aromatic carbocycles. The lowest BCUT2D eigenvalue weighted by molar-refractivity contribution is -0.136. The second-order valence-corrected chi connectivity index (χ2v) is 8.89. The van der Waals surface area contributed by atoms with Gasteiger partial charge in [-0.25, -0.2) is 9.37 Å². The number of likely N-dealkylation sites (tertiary alicyclic amines) is 1. The van der Waals surface area contributed by atoms with Gasteiger partial charge in [0.1, 0.15) is 11.9 Å². The van der Waals surface area contributed by atoms with Crippen LogP contribution in [0.25, 0.3) is 16.7 Å². The molecule has 9 heteroatoms. The number of aromatic nitrogens is 3. The van der Waals surface area contributed by atoms with E-state index >= 15 is 0 Å². The molecule has 1 aliphatic rings. The first-order valence-corrected chi connectivity index (χ1v) is 11.7. The molecule has 0 radical (unpaired) electrons. The van der Waals surface area contributed by atoms with Crippen LogP contribution in [0, 0.1) is 19.7 Å². The van der Waals surface area contributed by atoms with E-state index in [1.54, 1.807) is 28.5 Å². The van der Waals surface area contributed by atoms with Gasteiger partial charge in [0.15, 0.2) is 5.65 Å². The molecule has 1 fully saturated rings. The summed E-state index contributed by atoms with van der Waals surface area (Å²) >= 11 is 0. The predicted octanol–water partition coefficient (Wildman–Crippen LogP) is 2.85. The van der Waals surface area contributed by atoms with Gasteiger partial charge in [-0.05, 0) is 63.8 Å². The minimum absolute atomic E-state index is 0.0490. The normalized spacial score (nSPS) is 14.9. The number of carbonyl (C=O) groups excluding carboxylic acids is 2. The maximum absolute atomic E-state index is 13.8. The summed E-state index contributed by atoms with van der Waals surface area (Å²) in [5, 5.41) is 3.19. The number of halogens is 1. The number of benzene rings is 1. The fraction of sp³-hybridized carbons (Fsp3) is 0.440. The SMILES string of the molecule is Cc1c(C)n(-c2cccc(F)c2)c2ncn(CCC(=O)NC(C)C(=O)N3CCCCC3)c(=O)c12. The number of nitrogens with zero attached hydrogens (tertiary/aromatic N) is 4. The van der Waals surface area contributed by atoms with E-state index < -0.39 is 6.04 Å². The van der Waals surface area contributed by atoms with Gasteiger partial charge in [0.05, 0.1) is 17.4 Å². The molecule has 1 saturated heterocycles. The van der Waals surface area contributed by atoms with E-state index in [0.29, 0.717) is 16.7 Å². The van der Waals surface area contributed by atoms with Gasteiger partial charge in [-0.2, -0.15) is 0 Å². The first kappa shape index (κ1) is 23.7. The third kappa shape index (κ3) is 4.60. The van der Waals surface area contributed by atoms with Crippen molar-refractivity contribution >= 4 is 22.8 Å². The summed E-state index contributed by atoms with van der Waals surface area (Å²) in [6.07, 6.45) is 4.57. The molecule has 1 aliphatic heterocycles. The summed E-state index contributed by atoms with van der Waals surface area (Å²) in [6.45, 7) is 6.99. The van der Waals surface area contributed by atoms with Crippen LogP contribution in [-0.4, -0.2) is 50.0 Å². The zero-order chi connectivity index (χ0) is 24.4. The molecular weight excluding hydrogens is 437 g/mol.